The number of fused-ring (bicyclic) bond motifs is 1. The van der Waals surface area contributed by atoms with Crippen LogP contribution in [-0.2, 0) is 0 Å². The first kappa shape index (κ1) is 12.1. The van der Waals surface area contributed by atoms with Crippen LogP contribution in [0.2, 0.25) is 5.28 Å². The molecule has 0 saturated carbocycles. The third kappa shape index (κ3) is 2.85. The molecule has 2 aromatic heterocycles. The van der Waals surface area contributed by atoms with Crippen molar-refractivity contribution in [3.63, 3.8) is 0 Å². The summed E-state index contributed by atoms with van der Waals surface area (Å²) >= 11 is 5.86. The van der Waals surface area contributed by atoms with E-state index >= 15 is 0 Å². The Morgan fingerprint density at radius 3 is 2.82 bits per heavy atom. The summed E-state index contributed by atoms with van der Waals surface area (Å²) in [5, 5.41) is 11.2. The Balaban J connectivity index is 2.25. The van der Waals surface area contributed by atoms with Crippen LogP contribution in [0.1, 0.15) is 27.2 Å². The van der Waals surface area contributed by atoms with Gasteiger partial charge < -0.3 is 5.32 Å². The predicted octanol–water partition coefficient (Wildman–Crippen LogP) is 2.85. The fourth-order valence-electron chi connectivity index (χ4n) is 1.92. The fraction of sp³-hybridized carbons (Fsp3) is 0.545. The van der Waals surface area contributed by atoms with Gasteiger partial charge in [-0.25, -0.2) is 0 Å². The molecular formula is C11H16ClN5. The highest BCUT2D eigenvalue weighted by atomic mass is 35.5. The quantitative estimate of drug-likeness (QED) is 0.823. The van der Waals surface area contributed by atoms with Gasteiger partial charge in [-0.15, -0.1) is 0 Å². The summed E-state index contributed by atoms with van der Waals surface area (Å²) in [6.07, 6.45) is 2.77. The lowest BCUT2D eigenvalue weighted by atomic mass is 10.1. The van der Waals surface area contributed by atoms with Crippen molar-refractivity contribution in [2.24, 2.45) is 5.92 Å². The first-order chi connectivity index (χ1) is 8.06. The maximum Gasteiger partial charge on any atom is 0.226 e. The Bertz CT molecular complexity index is 508. The molecule has 0 aromatic carbocycles. The van der Waals surface area contributed by atoms with Crippen LogP contribution in [0.25, 0.3) is 11.0 Å². The van der Waals surface area contributed by atoms with Gasteiger partial charge in [0.1, 0.15) is 5.82 Å². The van der Waals surface area contributed by atoms with Gasteiger partial charge >= 0.3 is 0 Å². The van der Waals surface area contributed by atoms with E-state index < -0.39 is 0 Å². The lowest BCUT2D eigenvalue weighted by molar-refractivity contribution is 0.539. The SMILES string of the molecule is CC(C)CC(C)Nc1nc(Cl)nc2[nH]ncc12. The van der Waals surface area contributed by atoms with E-state index in [0.717, 1.165) is 17.6 Å². The van der Waals surface area contributed by atoms with Crippen molar-refractivity contribution in [2.75, 3.05) is 5.32 Å². The van der Waals surface area contributed by atoms with Gasteiger partial charge in [0.25, 0.3) is 0 Å². The Labute approximate surface area is 105 Å². The number of hydrogen-bond acceptors (Lipinski definition) is 4. The number of anilines is 1. The summed E-state index contributed by atoms with van der Waals surface area (Å²) in [7, 11) is 0. The lowest BCUT2D eigenvalue weighted by Gasteiger charge is -2.16. The van der Waals surface area contributed by atoms with Crippen LogP contribution in [0.15, 0.2) is 6.20 Å². The topological polar surface area (TPSA) is 66.5 Å². The molecule has 0 radical (unpaired) electrons. The summed E-state index contributed by atoms with van der Waals surface area (Å²) in [5.74, 6) is 1.37. The fourth-order valence-corrected chi connectivity index (χ4v) is 2.09. The van der Waals surface area contributed by atoms with Gasteiger partial charge in [0.15, 0.2) is 5.65 Å². The molecule has 0 saturated heterocycles. The van der Waals surface area contributed by atoms with Gasteiger partial charge in [-0.1, -0.05) is 13.8 Å². The number of halogens is 1. The zero-order valence-electron chi connectivity index (χ0n) is 10.2. The molecule has 2 N–H and O–H groups in total. The Hall–Kier alpha value is -1.36. The number of nitrogens with zero attached hydrogens (tertiary/aromatic N) is 3. The Morgan fingerprint density at radius 2 is 2.12 bits per heavy atom. The van der Waals surface area contributed by atoms with Crippen molar-refractivity contribution < 1.29 is 0 Å². The van der Waals surface area contributed by atoms with Crippen LogP contribution in [0.3, 0.4) is 0 Å². The maximum atomic E-state index is 5.86. The molecule has 17 heavy (non-hydrogen) atoms. The first-order valence-electron chi connectivity index (χ1n) is 5.69. The van der Waals surface area contributed by atoms with Gasteiger partial charge in [-0.2, -0.15) is 15.1 Å². The number of aromatic amines is 1. The minimum atomic E-state index is 0.223. The summed E-state index contributed by atoms with van der Waals surface area (Å²) in [4.78, 5) is 8.26. The molecule has 2 aromatic rings. The van der Waals surface area contributed by atoms with Gasteiger partial charge in [0, 0.05) is 6.04 Å². The highest BCUT2D eigenvalue weighted by molar-refractivity contribution is 6.28. The Morgan fingerprint density at radius 1 is 1.35 bits per heavy atom. The molecule has 92 valence electrons. The van der Waals surface area contributed by atoms with E-state index in [1.807, 2.05) is 0 Å². The van der Waals surface area contributed by atoms with Crippen LogP contribution in [0.5, 0.6) is 0 Å². The van der Waals surface area contributed by atoms with Crippen LogP contribution >= 0.6 is 11.6 Å². The standard InChI is InChI=1S/C11H16ClN5/c1-6(2)4-7(3)14-9-8-5-13-17-10(8)16-11(12)15-9/h5-7H,4H2,1-3H3,(H2,13,14,15,16,17). The zero-order valence-corrected chi connectivity index (χ0v) is 10.9. The van der Waals surface area contributed by atoms with E-state index in [1.165, 1.54) is 0 Å². The maximum absolute atomic E-state index is 5.86. The van der Waals surface area contributed by atoms with E-state index in [1.54, 1.807) is 6.20 Å². The first-order valence-corrected chi connectivity index (χ1v) is 6.07. The van der Waals surface area contributed by atoms with Crippen molar-refractivity contribution in [2.45, 2.75) is 33.2 Å². The van der Waals surface area contributed by atoms with Crippen molar-refractivity contribution in [1.29, 1.82) is 0 Å². The van der Waals surface area contributed by atoms with Crippen LogP contribution in [-0.4, -0.2) is 26.2 Å². The van der Waals surface area contributed by atoms with E-state index in [4.69, 9.17) is 11.6 Å². The predicted molar refractivity (Wildman–Crippen MR) is 69.2 cm³/mol. The Kier molecular flexibility index (Phi) is 3.47. The smallest absolute Gasteiger partial charge is 0.226 e. The molecule has 0 bridgehead atoms. The van der Waals surface area contributed by atoms with Crippen molar-refractivity contribution >= 4 is 28.5 Å². The summed E-state index contributed by atoms with van der Waals surface area (Å²) in [6, 6.07) is 0.332. The molecule has 0 amide bonds. The molecule has 6 heteroatoms. The molecule has 0 spiro atoms. The van der Waals surface area contributed by atoms with Crippen molar-refractivity contribution in [1.82, 2.24) is 20.2 Å². The van der Waals surface area contributed by atoms with E-state index in [2.05, 4.69) is 46.3 Å². The van der Waals surface area contributed by atoms with Gasteiger partial charge in [0.2, 0.25) is 5.28 Å². The largest absolute Gasteiger partial charge is 0.367 e. The second kappa shape index (κ2) is 4.87. The van der Waals surface area contributed by atoms with Crippen molar-refractivity contribution in [3.05, 3.63) is 11.5 Å². The summed E-state index contributed by atoms with van der Waals surface area (Å²) < 4.78 is 0. The molecule has 0 aliphatic heterocycles. The second-order valence-corrected chi connectivity index (χ2v) is 4.99. The van der Waals surface area contributed by atoms with Gasteiger partial charge in [-0.3, -0.25) is 5.10 Å². The van der Waals surface area contributed by atoms with Gasteiger partial charge in [0.05, 0.1) is 11.6 Å². The van der Waals surface area contributed by atoms with Crippen LogP contribution < -0.4 is 5.32 Å². The highest BCUT2D eigenvalue weighted by Gasteiger charge is 2.11. The van der Waals surface area contributed by atoms with E-state index in [9.17, 15) is 0 Å². The third-order valence-corrected chi connectivity index (χ3v) is 2.66. The molecule has 0 fully saturated rings. The molecule has 0 aliphatic rings. The second-order valence-electron chi connectivity index (χ2n) is 4.65. The normalized spacial score (nSPS) is 13.2. The molecule has 2 heterocycles. The minimum absolute atomic E-state index is 0.223. The molecule has 1 atom stereocenters. The molecule has 0 aliphatic carbocycles. The minimum Gasteiger partial charge on any atom is -0.367 e. The van der Waals surface area contributed by atoms with Crippen LogP contribution in [0, 0.1) is 5.92 Å². The van der Waals surface area contributed by atoms with Crippen LogP contribution in [0.4, 0.5) is 5.82 Å². The molecule has 2 rings (SSSR count). The average Bonchev–Trinajstić information content (AvgIpc) is 2.63. The monoisotopic (exact) mass is 253 g/mol. The average molecular weight is 254 g/mol. The molecular weight excluding hydrogens is 238 g/mol. The lowest BCUT2D eigenvalue weighted by Crippen LogP contribution is -2.18. The van der Waals surface area contributed by atoms with Crippen molar-refractivity contribution in [3.8, 4) is 0 Å². The number of rotatable bonds is 4. The van der Waals surface area contributed by atoms with E-state index in [0.29, 0.717) is 17.6 Å². The highest BCUT2D eigenvalue weighted by Crippen LogP contribution is 2.21. The zero-order chi connectivity index (χ0) is 12.4. The van der Waals surface area contributed by atoms with Gasteiger partial charge in [-0.05, 0) is 30.9 Å². The van der Waals surface area contributed by atoms with E-state index in [-0.39, 0.29) is 5.28 Å². The number of hydrogen-bond donors (Lipinski definition) is 2. The number of nitrogens with one attached hydrogen (secondary N) is 2. The third-order valence-electron chi connectivity index (χ3n) is 2.49. The number of H-pyrrole nitrogens is 1. The number of aromatic nitrogens is 4. The summed E-state index contributed by atoms with van der Waals surface area (Å²) in [5.41, 5.74) is 0.657. The molecule has 5 nitrogen and oxygen atoms in total. The molecule has 1 unspecified atom stereocenters. The summed E-state index contributed by atoms with van der Waals surface area (Å²) in [6.45, 7) is 6.51.